The minimum atomic E-state index is -0.0777. The topological polar surface area (TPSA) is 0 Å². The maximum Gasteiger partial charge on any atom is 0.134 e. The smallest absolute Gasteiger partial charge is 0.134 e. The fourth-order valence-corrected chi connectivity index (χ4v) is 4.17. The molecule has 0 saturated heterocycles. The standard InChI is InChI=1S/C32H31F/c1-3-5-6-7-8-29-20-21-30-23-26(15-22-31(30)32(29)33)10-9-25-13-18-28(19-14-25)27-16-11-24(4-2)12-17-27/h11-23H,3-8H2,1-2H3. The molecule has 0 atom stereocenters. The normalized spacial score (nSPS) is 10.8. The minimum Gasteiger partial charge on any atom is -0.206 e. The molecule has 0 bridgehead atoms. The summed E-state index contributed by atoms with van der Waals surface area (Å²) in [6, 6.07) is 26.8. The summed E-state index contributed by atoms with van der Waals surface area (Å²) < 4.78 is 14.9. The molecule has 0 aliphatic rings. The molecule has 0 unspecified atom stereocenters. The van der Waals surface area contributed by atoms with E-state index in [0.29, 0.717) is 5.39 Å². The average molecular weight is 435 g/mol. The van der Waals surface area contributed by atoms with Crippen molar-refractivity contribution in [3.63, 3.8) is 0 Å². The van der Waals surface area contributed by atoms with Crippen LogP contribution in [0.15, 0.2) is 78.9 Å². The third kappa shape index (κ3) is 5.71. The molecular weight excluding hydrogens is 403 g/mol. The number of halogens is 1. The van der Waals surface area contributed by atoms with Gasteiger partial charge in [0.1, 0.15) is 5.82 Å². The molecule has 4 aromatic carbocycles. The van der Waals surface area contributed by atoms with E-state index in [-0.39, 0.29) is 5.82 Å². The van der Waals surface area contributed by atoms with Crippen LogP contribution in [0, 0.1) is 17.7 Å². The predicted molar refractivity (Wildman–Crippen MR) is 139 cm³/mol. The van der Waals surface area contributed by atoms with Crippen LogP contribution >= 0.6 is 0 Å². The predicted octanol–water partition coefficient (Wildman–Crippen LogP) is 8.73. The number of benzene rings is 4. The van der Waals surface area contributed by atoms with Gasteiger partial charge in [-0.2, -0.15) is 0 Å². The summed E-state index contributed by atoms with van der Waals surface area (Å²) in [7, 11) is 0. The highest BCUT2D eigenvalue weighted by atomic mass is 19.1. The molecule has 166 valence electrons. The van der Waals surface area contributed by atoms with Gasteiger partial charge in [0.05, 0.1) is 0 Å². The highest BCUT2D eigenvalue weighted by Crippen LogP contribution is 2.24. The highest BCUT2D eigenvalue weighted by Gasteiger charge is 2.07. The van der Waals surface area contributed by atoms with Crippen LogP contribution in [-0.4, -0.2) is 0 Å². The number of unbranched alkanes of at least 4 members (excludes halogenated alkanes) is 3. The van der Waals surface area contributed by atoms with Crippen LogP contribution in [0.25, 0.3) is 21.9 Å². The molecule has 0 N–H and O–H groups in total. The number of rotatable bonds is 7. The molecular formula is C32H31F. The summed E-state index contributed by atoms with van der Waals surface area (Å²) in [5.74, 6) is 6.40. The van der Waals surface area contributed by atoms with Gasteiger partial charge in [-0.25, -0.2) is 4.39 Å². The Balaban J connectivity index is 1.48. The Morgan fingerprint density at radius 3 is 2.03 bits per heavy atom. The summed E-state index contributed by atoms with van der Waals surface area (Å²) in [4.78, 5) is 0. The summed E-state index contributed by atoms with van der Waals surface area (Å²) in [5.41, 5.74) is 6.44. The Morgan fingerprint density at radius 1 is 0.667 bits per heavy atom. The lowest BCUT2D eigenvalue weighted by molar-refractivity contribution is 0.603. The van der Waals surface area contributed by atoms with Gasteiger partial charge in [-0.05, 0) is 71.2 Å². The third-order valence-electron chi connectivity index (χ3n) is 6.27. The van der Waals surface area contributed by atoms with Gasteiger partial charge >= 0.3 is 0 Å². The Bertz CT molecular complexity index is 1270. The lowest BCUT2D eigenvalue weighted by atomic mass is 9.99. The second-order valence-electron chi connectivity index (χ2n) is 8.66. The van der Waals surface area contributed by atoms with Crippen molar-refractivity contribution in [1.82, 2.24) is 0 Å². The number of fused-ring (bicyclic) bond motifs is 1. The van der Waals surface area contributed by atoms with E-state index in [0.717, 1.165) is 47.8 Å². The van der Waals surface area contributed by atoms with Crippen LogP contribution in [0.2, 0.25) is 0 Å². The fourth-order valence-electron chi connectivity index (χ4n) is 4.17. The van der Waals surface area contributed by atoms with Gasteiger partial charge in [0, 0.05) is 16.5 Å². The molecule has 0 aliphatic carbocycles. The van der Waals surface area contributed by atoms with Crippen molar-refractivity contribution in [3.8, 4) is 23.0 Å². The van der Waals surface area contributed by atoms with Crippen LogP contribution in [0.5, 0.6) is 0 Å². The molecule has 0 amide bonds. The second-order valence-corrected chi connectivity index (χ2v) is 8.66. The van der Waals surface area contributed by atoms with Crippen LogP contribution in [-0.2, 0) is 12.8 Å². The van der Waals surface area contributed by atoms with Gasteiger partial charge in [-0.15, -0.1) is 0 Å². The molecule has 0 fully saturated rings. The first kappa shape index (κ1) is 22.8. The molecule has 0 radical (unpaired) electrons. The van der Waals surface area contributed by atoms with Crippen molar-refractivity contribution >= 4 is 10.8 Å². The number of hydrogen-bond donors (Lipinski definition) is 0. The monoisotopic (exact) mass is 434 g/mol. The van der Waals surface area contributed by atoms with Crippen molar-refractivity contribution in [3.05, 3.63) is 107 Å². The van der Waals surface area contributed by atoms with Gasteiger partial charge < -0.3 is 0 Å². The number of aryl methyl sites for hydroxylation is 2. The van der Waals surface area contributed by atoms with Crippen molar-refractivity contribution in [2.45, 2.75) is 52.4 Å². The number of hydrogen-bond acceptors (Lipinski definition) is 0. The Hall–Kier alpha value is -3.37. The zero-order valence-electron chi connectivity index (χ0n) is 19.6. The van der Waals surface area contributed by atoms with Gasteiger partial charge in [0.15, 0.2) is 0 Å². The van der Waals surface area contributed by atoms with Gasteiger partial charge in [0.25, 0.3) is 0 Å². The van der Waals surface area contributed by atoms with E-state index in [9.17, 15) is 4.39 Å². The Kier molecular flexibility index (Phi) is 7.59. The first-order chi connectivity index (χ1) is 16.2. The van der Waals surface area contributed by atoms with Gasteiger partial charge in [0.2, 0.25) is 0 Å². The van der Waals surface area contributed by atoms with Crippen LogP contribution < -0.4 is 0 Å². The third-order valence-corrected chi connectivity index (χ3v) is 6.27. The van der Waals surface area contributed by atoms with Crippen molar-refractivity contribution < 1.29 is 4.39 Å². The lowest BCUT2D eigenvalue weighted by Crippen LogP contribution is -1.93. The maximum atomic E-state index is 14.9. The molecule has 1 heteroatoms. The zero-order valence-corrected chi connectivity index (χ0v) is 19.6. The van der Waals surface area contributed by atoms with E-state index < -0.39 is 0 Å². The first-order valence-corrected chi connectivity index (χ1v) is 12.1. The van der Waals surface area contributed by atoms with Crippen molar-refractivity contribution in [1.29, 1.82) is 0 Å². The van der Waals surface area contributed by atoms with Crippen LogP contribution in [0.4, 0.5) is 4.39 Å². The minimum absolute atomic E-state index is 0.0777. The summed E-state index contributed by atoms with van der Waals surface area (Å²) in [6.45, 7) is 4.36. The summed E-state index contributed by atoms with van der Waals surface area (Å²) in [5, 5.41) is 1.59. The molecule has 0 aliphatic heterocycles. The quantitative estimate of drug-likeness (QED) is 0.201. The van der Waals surface area contributed by atoms with Crippen LogP contribution in [0.1, 0.15) is 61.8 Å². The second kappa shape index (κ2) is 11.0. The van der Waals surface area contributed by atoms with Crippen LogP contribution in [0.3, 0.4) is 0 Å². The SMILES string of the molecule is CCCCCCc1ccc2cc(C#Cc3ccc(-c4ccc(CC)cc4)cc3)ccc2c1F. The van der Waals surface area contributed by atoms with Crippen molar-refractivity contribution in [2.75, 3.05) is 0 Å². The van der Waals surface area contributed by atoms with E-state index in [1.807, 2.05) is 30.3 Å². The summed E-state index contributed by atoms with van der Waals surface area (Å²) in [6.07, 6.45) is 6.47. The maximum absolute atomic E-state index is 14.9. The van der Waals surface area contributed by atoms with Gasteiger partial charge in [-0.3, -0.25) is 0 Å². The fraction of sp³-hybridized carbons (Fsp3) is 0.250. The average Bonchev–Trinajstić information content (AvgIpc) is 2.87. The molecule has 0 spiro atoms. The summed E-state index contributed by atoms with van der Waals surface area (Å²) >= 11 is 0. The largest absolute Gasteiger partial charge is 0.206 e. The molecule has 4 rings (SSSR count). The lowest BCUT2D eigenvalue weighted by Gasteiger charge is -2.07. The Morgan fingerprint density at radius 2 is 1.33 bits per heavy atom. The van der Waals surface area contributed by atoms with E-state index >= 15 is 0 Å². The molecule has 4 aromatic rings. The van der Waals surface area contributed by atoms with E-state index in [2.05, 4.69) is 74.2 Å². The molecule has 0 aromatic heterocycles. The van der Waals surface area contributed by atoms with Crippen molar-refractivity contribution in [2.24, 2.45) is 0 Å². The molecule has 0 heterocycles. The van der Waals surface area contributed by atoms with Gasteiger partial charge in [-0.1, -0.05) is 99.5 Å². The van der Waals surface area contributed by atoms with E-state index in [1.165, 1.54) is 29.5 Å². The molecule has 33 heavy (non-hydrogen) atoms. The Labute approximate surface area is 197 Å². The highest BCUT2D eigenvalue weighted by molar-refractivity contribution is 5.85. The first-order valence-electron chi connectivity index (χ1n) is 12.1. The molecule has 0 saturated carbocycles. The molecule has 0 nitrogen and oxygen atoms in total. The van der Waals surface area contributed by atoms with E-state index in [4.69, 9.17) is 0 Å². The van der Waals surface area contributed by atoms with E-state index in [1.54, 1.807) is 0 Å². The zero-order chi connectivity index (χ0) is 23.0.